The molecule has 0 radical (unpaired) electrons. The Hall–Kier alpha value is -3.12. The van der Waals surface area contributed by atoms with Gasteiger partial charge < -0.3 is 15.0 Å². The summed E-state index contributed by atoms with van der Waals surface area (Å²) in [7, 11) is 1.94. The monoisotopic (exact) mass is 472 g/mol. The minimum Gasteiger partial charge on any atom is -0.493 e. The first-order valence-electron chi connectivity index (χ1n) is 12.8. The predicted octanol–water partition coefficient (Wildman–Crippen LogP) is 4.46. The topological polar surface area (TPSA) is 59.4 Å². The number of ether oxygens (including phenoxy) is 1. The largest absolute Gasteiger partial charge is 0.493 e. The molecular weight excluding hydrogens is 436 g/mol. The maximum absolute atomic E-state index is 13.9. The SMILES string of the molecule is CC(C)N1CCC(C(=O)NC(c2ccccc2)c2ccc3c(c2)CCCO3)C(c2cnn(C)c2)C1. The molecule has 1 fully saturated rings. The number of aryl methyl sites for hydroxylation is 2. The van der Waals surface area contributed by atoms with Crippen LogP contribution in [0.25, 0.3) is 0 Å². The Morgan fingerprint density at radius 1 is 1.14 bits per heavy atom. The number of carbonyl (C=O) groups is 1. The van der Waals surface area contributed by atoms with E-state index >= 15 is 0 Å². The van der Waals surface area contributed by atoms with E-state index in [0.717, 1.165) is 61.4 Å². The van der Waals surface area contributed by atoms with Crippen molar-refractivity contribution in [2.24, 2.45) is 13.0 Å². The summed E-state index contributed by atoms with van der Waals surface area (Å²) in [5, 5.41) is 7.86. The number of hydrogen-bond acceptors (Lipinski definition) is 4. The van der Waals surface area contributed by atoms with Crippen molar-refractivity contribution in [3.63, 3.8) is 0 Å². The summed E-state index contributed by atoms with van der Waals surface area (Å²) in [6.07, 6.45) is 6.86. The number of fused-ring (bicyclic) bond motifs is 1. The lowest BCUT2D eigenvalue weighted by Crippen LogP contribution is -2.48. The molecule has 5 rings (SSSR count). The van der Waals surface area contributed by atoms with Crippen molar-refractivity contribution < 1.29 is 9.53 Å². The molecule has 1 aromatic heterocycles. The second-order valence-corrected chi connectivity index (χ2v) is 10.2. The number of aromatic nitrogens is 2. The van der Waals surface area contributed by atoms with Crippen molar-refractivity contribution in [2.45, 2.75) is 51.1 Å². The molecule has 6 nitrogen and oxygen atoms in total. The zero-order valence-electron chi connectivity index (χ0n) is 21.0. The van der Waals surface area contributed by atoms with Gasteiger partial charge in [-0.15, -0.1) is 0 Å². The number of nitrogens with one attached hydrogen (secondary N) is 1. The molecule has 0 saturated carbocycles. The zero-order valence-corrected chi connectivity index (χ0v) is 21.0. The summed E-state index contributed by atoms with van der Waals surface area (Å²) < 4.78 is 7.67. The van der Waals surface area contributed by atoms with E-state index < -0.39 is 0 Å². The highest BCUT2D eigenvalue weighted by molar-refractivity contribution is 5.81. The Bertz CT molecular complexity index is 1160. The van der Waals surface area contributed by atoms with Crippen LogP contribution in [-0.2, 0) is 18.3 Å². The lowest BCUT2D eigenvalue weighted by atomic mass is 9.80. The van der Waals surface area contributed by atoms with Gasteiger partial charge in [0.2, 0.25) is 5.91 Å². The van der Waals surface area contributed by atoms with Crippen LogP contribution in [0, 0.1) is 5.92 Å². The molecule has 0 spiro atoms. The number of hydrogen-bond donors (Lipinski definition) is 1. The number of rotatable bonds is 6. The average molecular weight is 473 g/mol. The van der Waals surface area contributed by atoms with Crippen molar-refractivity contribution >= 4 is 5.91 Å². The van der Waals surface area contributed by atoms with E-state index in [4.69, 9.17) is 4.74 Å². The van der Waals surface area contributed by atoms with Gasteiger partial charge in [-0.25, -0.2) is 0 Å². The smallest absolute Gasteiger partial charge is 0.224 e. The van der Waals surface area contributed by atoms with Gasteiger partial charge in [-0.1, -0.05) is 36.4 Å². The van der Waals surface area contributed by atoms with E-state index in [-0.39, 0.29) is 23.8 Å². The second kappa shape index (κ2) is 10.2. The molecule has 3 heterocycles. The first-order chi connectivity index (χ1) is 17.0. The van der Waals surface area contributed by atoms with E-state index in [1.165, 1.54) is 5.56 Å². The number of piperidine rings is 1. The zero-order chi connectivity index (χ0) is 24.4. The van der Waals surface area contributed by atoms with E-state index in [9.17, 15) is 4.79 Å². The molecule has 3 unspecified atom stereocenters. The Kier molecular flexibility index (Phi) is 6.91. The lowest BCUT2D eigenvalue weighted by Gasteiger charge is -2.40. The number of amides is 1. The highest BCUT2D eigenvalue weighted by Crippen LogP contribution is 2.35. The quantitative estimate of drug-likeness (QED) is 0.575. The molecule has 0 aliphatic carbocycles. The molecule has 184 valence electrons. The van der Waals surface area contributed by atoms with Crippen LogP contribution in [-0.4, -0.2) is 46.3 Å². The maximum atomic E-state index is 13.9. The predicted molar refractivity (Wildman–Crippen MR) is 137 cm³/mol. The molecule has 1 saturated heterocycles. The van der Waals surface area contributed by atoms with Crippen molar-refractivity contribution in [3.8, 4) is 5.75 Å². The fourth-order valence-electron chi connectivity index (χ4n) is 5.54. The van der Waals surface area contributed by atoms with Gasteiger partial charge in [0.25, 0.3) is 0 Å². The lowest BCUT2D eigenvalue weighted by molar-refractivity contribution is -0.128. The summed E-state index contributed by atoms with van der Waals surface area (Å²) in [6.45, 7) is 7.03. The van der Waals surface area contributed by atoms with Crippen molar-refractivity contribution in [1.29, 1.82) is 0 Å². The molecule has 3 atom stereocenters. The Labute approximate surface area is 208 Å². The normalized spacial score (nSPS) is 21.3. The minimum atomic E-state index is -0.200. The van der Waals surface area contributed by atoms with Gasteiger partial charge in [0.1, 0.15) is 5.75 Å². The minimum absolute atomic E-state index is 0.0960. The fourth-order valence-corrected chi connectivity index (χ4v) is 5.54. The third-order valence-corrected chi connectivity index (χ3v) is 7.55. The van der Waals surface area contributed by atoms with E-state index in [1.807, 2.05) is 36.1 Å². The Morgan fingerprint density at radius 2 is 1.97 bits per heavy atom. The number of likely N-dealkylation sites (tertiary alicyclic amines) is 1. The van der Waals surface area contributed by atoms with Crippen LogP contribution in [0.4, 0.5) is 0 Å². The molecule has 35 heavy (non-hydrogen) atoms. The number of benzene rings is 2. The van der Waals surface area contributed by atoms with Gasteiger partial charge in [0.15, 0.2) is 0 Å². The maximum Gasteiger partial charge on any atom is 0.224 e. The molecule has 1 N–H and O–H groups in total. The molecule has 2 aromatic carbocycles. The van der Waals surface area contributed by atoms with Gasteiger partial charge >= 0.3 is 0 Å². The summed E-state index contributed by atoms with van der Waals surface area (Å²) in [6, 6.07) is 16.9. The van der Waals surface area contributed by atoms with Crippen LogP contribution in [0.1, 0.15) is 60.9 Å². The van der Waals surface area contributed by atoms with Crippen LogP contribution in [0.2, 0.25) is 0 Å². The first-order valence-corrected chi connectivity index (χ1v) is 12.8. The fraction of sp³-hybridized carbons (Fsp3) is 0.448. The van der Waals surface area contributed by atoms with Crippen LogP contribution in [0.3, 0.4) is 0 Å². The average Bonchev–Trinajstić information content (AvgIpc) is 3.33. The molecule has 2 aliphatic heterocycles. The van der Waals surface area contributed by atoms with Gasteiger partial charge in [-0.05, 0) is 74.0 Å². The molecule has 3 aromatic rings. The van der Waals surface area contributed by atoms with Gasteiger partial charge in [-0.2, -0.15) is 5.10 Å². The molecule has 0 bridgehead atoms. The van der Waals surface area contributed by atoms with Crippen LogP contribution < -0.4 is 10.1 Å². The highest BCUT2D eigenvalue weighted by Gasteiger charge is 2.37. The molecular formula is C29H36N4O2. The summed E-state index contributed by atoms with van der Waals surface area (Å²) in [4.78, 5) is 16.4. The summed E-state index contributed by atoms with van der Waals surface area (Å²) >= 11 is 0. The summed E-state index contributed by atoms with van der Waals surface area (Å²) in [5.41, 5.74) is 4.56. The third-order valence-electron chi connectivity index (χ3n) is 7.55. The van der Waals surface area contributed by atoms with Crippen molar-refractivity contribution in [1.82, 2.24) is 20.0 Å². The molecule has 6 heteroatoms. The first kappa shape index (κ1) is 23.6. The molecule has 1 amide bonds. The highest BCUT2D eigenvalue weighted by atomic mass is 16.5. The third kappa shape index (κ3) is 5.13. The Morgan fingerprint density at radius 3 is 2.71 bits per heavy atom. The summed E-state index contributed by atoms with van der Waals surface area (Å²) in [5.74, 6) is 1.11. The number of carbonyl (C=O) groups excluding carboxylic acids is 1. The van der Waals surface area contributed by atoms with E-state index in [1.54, 1.807) is 0 Å². The second-order valence-electron chi connectivity index (χ2n) is 10.2. The van der Waals surface area contributed by atoms with Gasteiger partial charge in [-0.3, -0.25) is 9.48 Å². The van der Waals surface area contributed by atoms with Crippen LogP contribution in [0.5, 0.6) is 5.75 Å². The standard InChI is InChI=1S/C29H36N4O2/c1-20(2)33-14-13-25(26(19-33)24-17-30-32(3)18-24)29(34)31-28(21-8-5-4-6-9-21)23-11-12-27-22(16-23)10-7-15-35-27/h4-6,8-9,11-12,16-18,20,25-26,28H,7,10,13-15,19H2,1-3H3,(H,31,34). The van der Waals surface area contributed by atoms with Crippen molar-refractivity contribution in [3.05, 3.63) is 83.2 Å². The Balaban J connectivity index is 1.44. The van der Waals surface area contributed by atoms with Crippen LogP contribution in [0.15, 0.2) is 60.9 Å². The van der Waals surface area contributed by atoms with Gasteiger partial charge in [0.05, 0.1) is 18.8 Å². The molecule has 2 aliphatic rings. The van der Waals surface area contributed by atoms with E-state index in [0.29, 0.717) is 6.04 Å². The van der Waals surface area contributed by atoms with Gasteiger partial charge in [0, 0.05) is 37.7 Å². The van der Waals surface area contributed by atoms with Crippen LogP contribution >= 0.6 is 0 Å². The van der Waals surface area contributed by atoms with Crippen molar-refractivity contribution in [2.75, 3.05) is 19.7 Å². The number of nitrogens with zero attached hydrogens (tertiary/aromatic N) is 3. The van der Waals surface area contributed by atoms with E-state index in [2.05, 4.69) is 65.7 Å².